The number of amides is 2. The first-order valence-electron chi connectivity index (χ1n) is 10.4. The van der Waals surface area contributed by atoms with Crippen LogP contribution >= 0.6 is 0 Å². The van der Waals surface area contributed by atoms with E-state index in [0.717, 1.165) is 25.7 Å². The predicted octanol–water partition coefficient (Wildman–Crippen LogP) is 4.10. The van der Waals surface area contributed by atoms with Crippen LogP contribution in [0.3, 0.4) is 0 Å². The molecule has 2 fully saturated rings. The lowest BCUT2D eigenvalue weighted by atomic mass is 9.94. The van der Waals surface area contributed by atoms with Crippen molar-refractivity contribution in [2.45, 2.75) is 102 Å². The van der Waals surface area contributed by atoms with E-state index in [2.05, 4.69) is 11.4 Å². The second-order valence-corrected chi connectivity index (χ2v) is 8.34. The van der Waals surface area contributed by atoms with Crippen molar-refractivity contribution < 1.29 is 9.59 Å². The molecule has 1 saturated carbocycles. The van der Waals surface area contributed by atoms with Gasteiger partial charge in [-0.1, -0.05) is 37.3 Å². The van der Waals surface area contributed by atoms with Gasteiger partial charge < -0.3 is 10.2 Å². The lowest BCUT2D eigenvalue weighted by Gasteiger charge is -2.35. The summed E-state index contributed by atoms with van der Waals surface area (Å²) >= 11 is 0. The maximum atomic E-state index is 13.0. The van der Waals surface area contributed by atoms with Crippen molar-refractivity contribution in [3.05, 3.63) is 11.6 Å². The van der Waals surface area contributed by atoms with Crippen LogP contribution in [-0.2, 0) is 9.59 Å². The molecule has 4 nitrogen and oxygen atoms in total. The zero-order chi connectivity index (χ0) is 17.7. The maximum absolute atomic E-state index is 13.0. The Morgan fingerprint density at radius 2 is 1.92 bits per heavy atom. The molecule has 0 aromatic carbocycles. The van der Waals surface area contributed by atoms with Gasteiger partial charge in [0.15, 0.2) is 0 Å². The van der Waals surface area contributed by atoms with Crippen molar-refractivity contribution in [2.24, 2.45) is 0 Å². The van der Waals surface area contributed by atoms with Crippen LogP contribution in [0, 0.1) is 0 Å². The molecule has 140 valence electrons. The normalized spacial score (nSPS) is 28.6. The molecule has 2 amide bonds. The van der Waals surface area contributed by atoms with Gasteiger partial charge in [-0.3, -0.25) is 9.59 Å². The molecule has 25 heavy (non-hydrogen) atoms. The van der Waals surface area contributed by atoms with Crippen molar-refractivity contribution >= 4 is 11.8 Å². The van der Waals surface area contributed by atoms with Gasteiger partial charge in [-0.15, -0.1) is 0 Å². The first-order chi connectivity index (χ1) is 12.1. The maximum Gasteiger partial charge on any atom is 0.245 e. The molecule has 1 N–H and O–H groups in total. The van der Waals surface area contributed by atoms with E-state index in [1.807, 2.05) is 11.8 Å². The SMILES string of the molecule is C[C@]1(C(=O)NC2CCCCCC2)CCC(=O)N1CCC1=CCCCC1. The monoisotopic (exact) mass is 346 g/mol. The molecule has 1 heterocycles. The number of likely N-dealkylation sites (tertiary alicyclic amines) is 1. The topological polar surface area (TPSA) is 49.4 Å². The zero-order valence-electron chi connectivity index (χ0n) is 15.8. The van der Waals surface area contributed by atoms with Gasteiger partial charge in [-0.2, -0.15) is 0 Å². The van der Waals surface area contributed by atoms with Crippen molar-refractivity contribution in [2.75, 3.05) is 6.54 Å². The number of nitrogens with zero attached hydrogens (tertiary/aromatic N) is 1. The number of carbonyl (C=O) groups excluding carboxylic acids is 2. The fraction of sp³-hybridized carbons (Fsp3) is 0.810. The average molecular weight is 347 g/mol. The minimum Gasteiger partial charge on any atom is -0.351 e. The van der Waals surface area contributed by atoms with E-state index in [-0.39, 0.29) is 11.8 Å². The van der Waals surface area contributed by atoms with E-state index in [4.69, 9.17) is 0 Å². The van der Waals surface area contributed by atoms with E-state index in [9.17, 15) is 9.59 Å². The highest BCUT2D eigenvalue weighted by atomic mass is 16.2. The second-order valence-electron chi connectivity index (χ2n) is 8.34. The van der Waals surface area contributed by atoms with Gasteiger partial charge >= 0.3 is 0 Å². The third-order valence-corrected chi connectivity index (χ3v) is 6.44. The number of carbonyl (C=O) groups is 2. The highest BCUT2D eigenvalue weighted by molar-refractivity contribution is 5.94. The van der Waals surface area contributed by atoms with Crippen LogP contribution in [0.5, 0.6) is 0 Å². The van der Waals surface area contributed by atoms with Gasteiger partial charge in [0.25, 0.3) is 0 Å². The van der Waals surface area contributed by atoms with Crippen LogP contribution in [-0.4, -0.2) is 34.8 Å². The molecule has 1 atom stereocenters. The molecule has 1 aliphatic heterocycles. The van der Waals surface area contributed by atoms with Gasteiger partial charge in [-0.05, 0) is 58.3 Å². The summed E-state index contributed by atoms with van der Waals surface area (Å²) in [5, 5.41) is 3.28. The lowest BCUT2D eigenvalue weighted by Crippen LogP contribution is -2.56. The summed E-state index contributed by atoms with van der Waals surface area (Å²) in [7, 11) is 0. The van der Waals surface area contributed by atoms with Crippen molar-refractivity contribution in [1.82, 2.24) is 10.2 Å². The fourth-order valence-electron chi connectivity index (χ4n) is 4.65. The smallest absolute Gasteiger partial charge is 0.245 e. The van der Waals surface area contributed by atoms with Crippen molar-refractivity contribution in [1.29, 1.82) is 0 Å². The first-order valence-corrected chi connectivity index (χ1v) is 10.4. The van der Waals surface area contributed by atoms with Gasteiger partial charge in [0.1, 0.15) is 5.54 Å². The summed E-state index contributed by atoms with van der Waals surface area (Å²) in [4.78, 5) is 27.3. The van der Waals surface area contributed by atoms with Crippen LogP contribution in [0.2, 0.25) is 0 Å². The molecular weight excluding hydrogens is 312 g/mol. The van der Waals surface area contributed by atoms with Gasteiger partial charge in [0, 0.05) is 19.0 Å². The fourth-order valence-corrected chi connectivity index (χ4v) is 4.65. The Balaban J connectivity index is 1.61. The Hall–Kier alpha value is -1.32. The van der Waals surface area contributed by atoms with Crippen LogP contribution < -0.4 is 5.32 Å². The predicted molar refractivity (Wildman–Crippen MR) is 100 cm³/mol. The molecule has 0 aromatic rings. The van der Waals surface area contributed by atoms with E-state index in [1.165, 1.54) is 50.5 Å². The molecule has 4 heteroatoms. The molecule has 2 aliphatic carbocycles. The Kier molecular flexibility index (Phi) is 6.19. The third kappa shape index (κ3) is 4.45. The molecular formula is C21H34N2O2. The number of hydrogen-bond acceptors (Lipinski definition) is 2. The Morgan fingerprint density at radius 1 is 1.16 bits per heavy atom. The third-order valence-electron chi connectivity index (χ3n) is 6.44. The van der Waals surface area contributed by atoms with Crippen LogP contribution in [0.15, 0.2) is 11.6 Å². The summed E-state index contributed by atoms with van der Waals surface area (Å²) < 4.78 is 0. The number of hydrogen-bond donors (Lipinski definition) is 1. The van der Waals surface area contributed by atoms with E-state index in [1.54, 1.807) is 0 Å². The first kappa shape index (κ1) is 18.5. The molecule has 0 radical (unpaired) electrons. The summed E-state index contributed by atoms with van der Waals surface area (Å²) in [6.07, 6.45) is 16.5. The highest BCUT2D eigenvalue weighted by Crippen LogP contribution is 2.32. The molecule has 3 rings (SSSR count). The number of rotatable bonds is 5. The second kappa shape index (κ2) is 8.37. The highest BCUT2D eigenvalue weighted by Gasteiger charge is 2.47. The Morgan fingerprint density at radius 3 is 2.60 bits per heavy atom. The standard InChI is InChI=1S/C21H34N2O2/c1-21(20(25)22-18-11-7-2-3-8-12-18)15-13-19(24)23(21)16-14-17-9-5-4-6-10-17/h9,18H,2-8,10-16H2,1H3,(H,22,25)/t21-/m1/s1. The lowest BCUT2D eigenvalue weighted by molar-refractivity contribution is -0.141. The quantitative estimate of drug-likeness (QED) is 0.602. The minimum absolute atomic E-state index is 0.0721. The summed E-state index contributed by atoms with van der Waals surface area (Å²) in [5.41, 5.74) is 0.816. The van der Waals surface area contributed by atoms with Gasteiger partial charge in [0.05, 0.1) is 0 Å². The summed E-state index contributed by atoms with van der Waals surface area (Å²) in [6, 6.07) is 0.297. The molecule has 1 saturated heterocycles. The minimum atomic E-state index is -0.654. The van der Waals surface area contributed by atoms with Crippen LogP contribution in [0.1, 0.15) is 90.4 Å². The van der Waals surface area contributed by atoms with Gasteiger partial charge in [0.2, 0.25) is 11.8 Å². The van der Waals surface area contributed by atoms with E-state index >= 15 is 0 Å². The van der Waals surface area contributed by atoms with Crippen LogP contribution in [0.4, 0.5) is 0 Å². The van der Waals surface area contributed by atoms with Crippen LogP contribution in [0.25, 0.3) is 0 Å². The number of nitrogens with one attached hydrogen (secondary N) is 1. The van der Waals surface area contributed by atoms with E-state index in [0.29, 0.717) is 25.4 Å². The molecule has 3 aliphatic rings. The van der Waals surface area contributed by atoms with Gasteiger partial charge in [-0.25, -0.2) is 0 Å². The van der Waals surface area contributed by atoms with Crippen molar-refractivity contribution in [3.63, 3.8) is 0 Å². The largest absolute Gasteiger partial charge is 0.351 e. The van der Waals surface area contributed by atoms with E-state index < -0.39 is 5.54 Å². The summed E-state index contributed by atoms with van der Waals surface area (Å²) in [5.74, 6) is 0.220. The molecule has 0 bridgehead atoms. The van der Waals surface area contributed by atoms with Crippen molar-refractivity contribution in [3.8, 4) is 0 Å². The molecule has 0 spiro atoms. The Labute approximate surface area is 152 Å². The zero-order valence-corrected chi connectivity index (χ0v) is 15.8. The number of allylic oxidation sites excluding steroid dienone is 1. The average Bonchev–Trinajstić information content (AvgIpc) is 2.80. The molecule has 0 aromatic heterocycles. The Bertz CT molecular complexity index is 520. The molecule has 0 unspecified atom stereocenters. The summed E-state index contributed by atoms with van der Waals surface area (Å²) in [6.45, 7) is 2.67.